The molecule has 1 unspecified atom stereocenters. The molecule has 0 aliphatic carbocycles. The monoisotopic (exact) mass is 531 g/mol. The zero-order chi connectivity index (χ0) is 28.6. The van der Waals surface area contributed by atoms with Crippen LogP contribution in [0.1, 0.15) is 47.8 Å². The number of benzene rings is 2. The third-order valence-corrected chi connectivity index (χ3v) is 7.64. The highest BCUT2D eigenvalue weighted by Gasteiger charge is 2.37. The number of hydrogen-bond acceptors (Lipinski definition) is 7. The Morgan fingerprint density at radius 1 is 0.875 bits per heavy atom. The van der Waals surface area contributed by atoms with Gasteiger partial charge in [0.1, 0.15) is 34.7 Å². The van der Waals surface area contributed by atoms with Crippen LogP contribution in [0.5, 0.6) is 0 Å². The number of nitrogens with zero attached hydrogens (tertiary/aromatic N) is 7. The summed E-state index contributed by atoms with van der Waals surface area (Å²) in [6.45, 7) is 5.13. The summed E-state index contributed by atoms with van der Waals surface area (Å²) in [5.74, 6) is -0.320. The van der Waals surface area contributed by atoms with Gasteiger partial charge < -0.3 is 9.47 Å². The van der Waals surface area contributed by atoms with Gasteiger partial charge in [-0.2, -0.15) is 15.8 Å². The minimum Gasteiger partial charge on any atom is -0.363 e. The molecule has 0 N–H and O–H groups in total. The zero-order valence-corrected chi connectivity index (χ0v) is 22.3. The van der Waals surface area contributed by atoms with E-state index in [-0.39, 0.29) is 35.2 Å². The third-order valence-electron chi connectivity index (χ3n) is 7.64. The van der Waals surface area contributed by atoms with Crippen LogP contribution in [-0.2, 0) is 7.05 Å². The number of fused-ring (bicyclic) bond motifs is 1. The number of piperazine rings is 1. The zero-order valence-electron chi connectivity index (χ0n) is 22.3. The first-order valence-electron chi connectivity index (χ1n) is 12.9. The first kappa shape index (κ1) is 26.6. The molecule has 9 heteroatoms. The van der Waals surface area contributed by atoms with E-state index in [2.05, 4.69) is 35.0 Å². The van der Waals surface area contributed by atoms with Gasteiger partial charge in [-0.05, 0) is 61.4 Å². The van der Waals surface area contributed by atoms with Gasteiger partial charge in [-0.25, -0.2) is 9.37 Å². The number of aryl methyl sites for hydroxylation is 1. The summed E-state index contributed by atoms with van der Waals surface area (Å²) in [5.41, 5.74) is 3.63. The molecular formula is C31H26FN7O. The second-order valence-electron chi connectivity index (χ2n) is 10.1. The van der Waals surface area contributed by atoms with Gasteiger partial charge in [0, 0.05) is 32.2 Å². The van der Waals surface area contributed by atoms with Crippen molar-refractivity contribution in [3.8, 4) is 18.2 Å². The van der Waals surface area contributed by atoms with Gasteiger partial charge in [-0.15, -0.1) is 0 Å². The van der Waals surface area contributed by atoms with Crippen molar-refractivity contribution >= 4 is 16.7 Å². The lowest BCUT2D eigenvalue weighted by molar-refractivity contribution is 0.130. The van der Waals surface area contributed by atoms with Crippen LogP contribution in [0.3, 0.4) is 0 Å². The lowest BCUT2D eigenvalue weighted by atomic mass is 9.92. The maximum Gasteiger partial charge on any atom is 0.270 e. The Hall–Kier alpha value is -5.04. The molecule has 3 atom stereocenters. The van der Waals surface area contributed by atoms with E-state index in [0.29, 0.717) is 35.4 Å². The van der Waals surface area contributed by atoms with E-state index >= 15 is 0 Å². The molecule has 0 spiro atoms. The molecule has 2 aromatic heterocycles. The summed E-state index contributed by atoms with van der Waals surface area (Å²) in [6.07, 6.45) is 0. The first-order chi connectivity index (χ1) is 19.3. The van der Waals surface area contributed by atoms with Gasteiger partial charge in [0.15, 0.2) is 0 Å². The number of anilines is 1. The fourth-order valence-electron chi connectivity index (χ4n) is 5.62. The molecule has 198 valence electrons. The topological polar surface area (TPSA) is 113 Å². The van der Waals surface area contributed by atoms with Gasteiger partial charge in [0.2, 0.25) is 0 Å². The van der Waals surface area contributed by atoms with Crippen molar-refractivity contribution in [3.63, 3.8) is 0 Å². The molecule has 1 aliphatic heterocycles. The predicted octanol–water partition coefficient (Wildman–Crippen LogP) is 4.38. The highest BCUT2D eigenvalue weighted by atomic mass is 19.1. The Kier molecular flexibility index (Phi) is 7.05. The number of hydrogen-bond donors (Lipinski definition) is 0. The minimum atomic E-state index is -0.416. The van der Waals surface area contributed by atoms with Crippen molar-refractivity contribution in [1.29, 1.82) is 15.8 Å². The number of nitriles is 3. The molecule has 1 aliphatic rings. The van der Waals surface area contributed by atoms with Gasteiger partial charge in [-0.3, -0.25) is 9.69 Å². The molecule has 40 heavy (non-hydrogen) atoms. The predicted molar refractivity (Wildman–Crippen MR) is 149 cm³/mol. The Labute approximate surface area is 231 Å². The molecule has 2 aromatic carbocycles. The van der Waals surface area contributed by atoms with Crippen LogP contribution in [-0.4, -0.2) is 39.6 Å². The normalized spacial score (nSPS) is 18.1. The average Bonchev–Trinajstić information content (AvgIpc) is 2.97. The Morgan fingerprint density at radius 3 is 2.12 bits per heavy atom. The van der Waals surface area contributed by atoms with E-state index < -0.39 is 5.56 Å². The summed E-state index contributed by atoms with van der Waals surface area (Å²) in [5, 5.41) is 28.8. The second-order valence-corrected chi connectivity index (χ2v) is 10.1. The van der Waals surface area contributed by atoms with Gasteiger partial charge in [0.05, 0.1) is 28.9 Å². The van der Waals surface area contributed by atoms with Crippen molar-refractivity contribution in [1.82, 2.24) is 14.5 Å². The molecule has 5 rings (SSSR count). The van der Waals surface area contributed by atoms with Crippen LogP contribution in [0.4, 0.5) is 10.1 Å². The lowest BCUT2D eigenvalue weighted by Crippen LogP contribution is -2.58. The molecule has 3 heterocycles. The number of pyridine rings is 2. The Morgan fingerprint density at radius 2 is 1.52 bits per heavy atom. The van der Waals surface area contributed by atoms with Crippen molar-refractivity contribution in [2.24, 2.45) is 7.05 Å². The largest absolute Gasteiger partial charge is 0.363 e. The van der Waals surface area contributed by atoms with Gasteiger partial charge in [-0.1, -0.05) is 24.3 Å². The third kappa shape index (κ3) is 4.56. The summed E-state index contributed by atoms with van der Waals surface area (Å²) in [4.78, 5) is 22.1. The molecule has 1 saturated heterocycles. The molecule has 8 nitrogen and oxygen atoms in total. The van der Waals surface area contributed by atoms with E-state index in [0.717, 1.165) is 11.1 Å². The van der Waals surface area contributed by atoms with E-state index in [4.69, 9.17) is 0 Å². The second kappa shape index (κ2) is 10.6. The van der Waals surface area contributed by atoms with E-state index in [9.17, 15) is 25.0 Å². The van der Waals surface area contributed by atoms with Crippen LogP contribution < -0.4 is 10.5 Å². The highest BCUT2D eigenvalue weighted by Crippen LogP contribution is 2.37. The van der Waals surface area contributed by atoms with E-state index in [1.807, 2.05) is 24.0 Å². The van der Waals surface area contributed by atoms with Crippen LogP contribution >= 0.6 is 0 Å². The van der Waals surface area contributed by atoms with Crippen LogP contribution in [0.25, 0.3) is 11.0 Å². The molecule has 0 radical (unpaired) electrons. The molecular weight excluding hydrogens is 505 g/mol. The van der Waals surface area contributed by atoms with Crippen molar-refractivity contribution in [2.75, 3.05) is 18.0 Å². The average molecular weight is 532 g/mol. The Bertz CT molecular complexity index is 1780. The van der Waals surface area contributed by atoms with Crippen molar-refractivity contribution in [3.05, 3.63) is 105 Å². The smallest absolute Gasteiger partial charge is 0.270 e. The molecule has 1 fully saturated rings. The van der Waals surface area contributed by atoms with Gasteiger partial charge >= 0.3 is 0 Å². The summed E-state index contributed by atoms with van der Waals surface area (Å²) in [6, 6.07) is 23.0. The van der Waals surface area contributed by atoms with Crippen molar-refractivity contribution < 1.29 is 4.39 Å². The number of rotatable bonds is 4. The van der Waals surface area contributed by atoms with Crippen LogP contribution in [0, 0.1) is 39.8 Å². The quantitative estimate of drug-likeness (QED) is 0.384. The molecule has 0 saturated carbocycles. The molecule has 4 aromatic rings. The standard InChI is InChI=1S/C31H26FN7O/c1-19-18-39(30-26(16-35)31(40)37(3)27-13-12-25(15-34)36-28(27)30)20(2)17-38(19)29(23-8-10-24(32)11-9-23)22-6-4-21(14-33)5-7-22/h4-13,19-20,29H,17-18H2,1-3H3/t19-,20+,29?/m1/s1. The lowest BCUT2D eigenvalue weighted by Gasteiger charge is -2.48. The first-order valence-corrected chi connectivity index (χ1v) is 12.9. The fourth-order valence-corrected chi connectivity index (χ4v) is 5.62. The van der Waals surface area contributed by atoms with Crippen LogP contribution in [0.2, 0.25) is 0 Å². The SMILES string of the molecule is C[C@@H]1CN(c2c(C#N)c(=O)n(C)c3ccc(C#N)nc23)[C@@H](C)CN1C(c1ccc(F)cc1)c1ccc(C#N)cc1. The molecule has 0 bridgehead atoms. The van der Waals surface area contributed by atoms with Gasteiger partial charge in [0.25, 0.3) is 5.56 Å². The summed E-state index contributed by atoms with van der Waals surface area (Å²) in [7, 11) is 1.60. The maximum atomic E-state index is 13.8. The van der Waals surface area contributed by atoms with Crippen molar-refractivity contribution in [2.45, 2.75) is 32.0 Å². The Balaban J connectivity index is 1.61. The van der Waals surface area contributed by atoms with E-state index in [1.165, 1.54) is 16.7 Å². The fraction of sp³-hybridized carbons (Fsp3) is 0.258. The maximum absolute atomic E-state index is 13.8. The minimum absolute atomic E-state index is 0.00716. The number of aromatic nitrogens is 2. The summed E-state index contributed by atoms with van der Waals surface area (Å²) >= 11 is 0. The molecule has 0 amide bonds. The number of halogens is 1. The van der Waals surface area contributed by atoms with Crippen LogP contribution in [0.15, 0.2) is 65.5 Å². The van der Waals surface area contributed by atoms with E-state index in [1.54, 1.807) is 43.4 Å². The highest BCUT2D eigenvalue weighted by molar-refractivity contribution is 5.92. The summed E-state index contributed by atoms with van der Waals surface area (Å²) < 4.78 is 15.2.